The summed E-state index contributed by atoms with van der Waals surface area (Å²) in [5.74, 6) is 1.28. The average Bonchev–Trinajstić information content (AvgIpc) is 3.00. The standard InChI is InChI=1S/C19H27N5OS/c1-12-6-13(2)9-17(8-12)24-19(20-21-22-24)26-16(5)18(25)23-10-14(3)7-15(4)11-23/h6,8-9,14-16H,7,10-11H2,1-5H3/t14-,15+,16-/m1/s1. The van der Waals surface area contributed by atoms with E-state index in [9.17, 15) is 4.79 Å². The van der Waals surface area contributed by atoms with Crippen LogP contribution < -0.4 is 0 Å². The fourth-order valence-corrected chi connectivity index (χ4v) is 4.69. The van der Waals surface area contributed by atoms with Crippen LogP contribution in [0.15, 0.2) is 23.4 Å². The van der Waals surface area contributed by atoms with E-state index in [-0.39, 0.29) is 11.2 Å². The maximum Gasteiger partial charge on any atom is 0.235 e. The predicted molar refractivity (Wildman–Crippen MR) is 103 cm³/mol. The molecule has 3 rings (SSSR count). The molecule has 7 heteroatoms. The Bertz CT molecular complexity index is 760. The lowest BCUT2D eigenvalue weighted by Gasteiger charge is -2.36. The Morgan fingerprint density at radius 1 is 1.15 bits per heavy atom. The minimum absolute atomic E-state index is 0.170. The van der Waals surface area contributed by atoms with E-state index in [2.05, 4.69) is 49.3 Å². The monoisotopic (exact) mass is 373 g/mol. The van der Waals surface area contributed by atoms with E-state index in [0.29, 0.717) is 17.0 Å². The molecule has 0 N–H and O–H groups in total. The van der Waals surface area contributed by atoms with Crippen molar-refractivity contribution in [1.82, 2.24) is 25.1 Å². The quantitative estimate of drug-likeness (QED) is 0.770. The lowest BCUT2D eigenvalue weighted by molar-refractivity contribution is -0.132. The van der Waals surface area contributed by atoms with E-state index in [1.54, 1.807) is 4.68 Å². The number of carbonyl (C=O) groups excluding carboxylic acids is 1. The second-order valence-electron chi connectivity index (χ2n) is 7.67. The van der Waals surface area contributed by atoms with E-state index in [4.69, 9.17) is 0 Å². The molecule has 1 saturated heterocycles. The van der Waals surface area contributed by atoms with Gasteiger partial charge in [0, 0.05) is 13.1 Å². The van der Waals surface area contributed by atoms with Gasteiger partial charge in [-0.2, -0.15) is 4.68 Å². The second kappa shape index (κ2) is 7.78. The first kappa shape index (κ1) is 18.9. The highest BCUT2D eigenvalue weighted by atomic mass is 32.2. The topological polar surface area (TPSA) is 63.9 Å². The maximum atomic E-state index is 12.9. The molecular formula is C19H27N5OS. The first-order valence-corrected chi connectivity index (χ1v) is 10.0. The molecule has 2 aromatic rings. The van der Waals surface area contributed by atoms with Crippen molar-refractivity contribution in [3.63, 3.8) is 0 Å². The number of hydrogen-bond acceptors (Lipinski definition) is 5. The number of rotatable bonds is 4. The molecule has 0 spiro atoms. The van der Waals surface area contributed by atoms with Gasteiger partial charge < -0.3 is 4.90 Å². The highest BCUT2D eigenvalue weighted by molar-refractivity contribution is 8.00. The molecule has 1 amide bonds. The third-order valence-corrected chi connectivity index (χ3v) is 5.72. The number of hydrogen-bond donors (Lipinski definition) is 0. The van der Waals surface area contributed by atoms with Crippen molar-refractivity contribution in [1.29, 1.82) is 0 Å². The Kier molecular flexibility index (Phi) is 5.65. The Morgan fingerprint density at radius 3 is 2.38 bits per heavy atom. The average molecular weight is 374 g/mol. The van der Waals surface area contributed by atoms with E-state index in [0.717, 1.165) is 29.9 Å². The molecular weight excluding hydrogens is 346 g/mol. The SMILES string of the molecule is Cc1cc(C)cc(-n2nnnc2S[C@H](C)C(=O)N2C[C@H](C)C[C@H](C)C2)c1. The summed E-state index contributed by atoms with van der Waals surface area (Å²) in [7, 11) is 0. The van der Waals surface area contributed by atoms with Gasteiger partial charge in [-0.15, -0.1) is 5.10 Å². The number of likely N-dealkylation sites (tertiary alicyclic amines) is 1. The number of amides is 1. The lowest BCUT2D eigenvalue weighted by atomic mass is 9.92. The van der Waals surface area contributed by atoms with Crippen LogP contribution in [0, 0.1) is 25.7 Å². The van der Waals surface area contributed by atoms with Crippen LogP contribution in [-0.4, -0.2) is 49.4 Å². The molecule has 1 aliphatic heterocycles. The molecule has 1 aliphatic rings. The number of carbonyl (C=O) groups is 1. The predicted octanol–water partition coefficient (Wildman–Crippen LogP) is 3.26. The van der Waals surface area contributed by atoms with Crippen molar-refractivity contribution in [2.24, 2.45) is 11.8 Å². The smallest absolute Gasteiger partial charge is 0.235 e. The zero-order chi connectivity index (χ0) is 18.8. The number of piperidine rings is 1. The highest BCUT2D eigenvalue weighted by Crippen LogP contribution is 2.27. The van der Waals surface area contributed by atoms with Gasteiger partial charge in [0.1, 0.15) is 0 Å². The summed E-state index contributed by atoms with van der Waals surface area (Å²) in [5.41, 5.74) is 3.24. The zero-order valence-electron chi connectivity index (χ0n) is 16.1. The summed E-state index contributed by atoms with van der Waals surface area (Å²) in [6.07, 6.45) is 1.19. The zero-order valence-corrected chi connectivity index (χ0v) is 17.0. The molecule has 140 valence electrons. The summed E-state index contributed by atoms with van der Waals surface area (Å²) in [4.78, 5) is 14.9. The molecule has 2 heterocycles. The van der Waals surface area contributed by atoms with Crippen LogP contribution in [-0.2, 0) is 4.79 Å². The van der Waals surface area contributed by atoms with Gasteiger partial charge in [0.25, 0.3) is 0 Å². The molecule has 3 atom stereocenters. The molecule has 6 nitrogen and oxygen atoms in total. The number of tetrazole rings is 1. The Morgan fingerprint density at radius 2 is 1.77 bits per heavy atom. The largest absolute Gasteiger partial charge is 0.341 e. The van der Waals surface area contributed by atoms with Crippen LogP contribution in [0.5, 0.6) is 0 Å². The highest BCUT2D eigenvalue weighted by Gasteiger charge is 2.29. The van der Waals surface area contributed by atoms with Gasteiger partial charge in [-0.05, 0) is 72.7 Å². The molecule has 1 aromatic carbocycles. The minimum Gasteiger partial charge on any atom is -0.341 e. The summed E-state index contributed by atoms with van der Waals surface area (Å²) in [6.45, 7) is 12.2. The second-order valence-corrected chi connectivity index (χ2v) is 8.98. The Labute approximate surface area is 159 Å². The van der Waals surface area contributed by atoms with E-state index in [1.807, 2.05) is 24.0 Å². The third-order valence-electron chi connectivity index (χ3n) is 4.70. The van der Waals surface area contributed by atoms with E-state index >= 15 is 0 Å². The van der Waals surface area contributed by atoms with Crippen LogP contribution in [0.4, 0.5) is 0 Å². The number of aromatic nitrogens is 4. The molecule has 1 aromatic heterocycles. The fraction of sp³-hybridized carbons (Fsp3) is 0.579. The van der Waals surface area contributed by atoms with Crippen LogP contribution in [0.3, 0.4) is 0 Å². The van der Waals surface area contributed by atoms with Gasteiger partial charge in [-0.3, -0.25) is 4.79 Å². The maximum absolute atomic E-state index is 12.9. The van der Waals surface area contributed by atoms with Crippen molar-refractivity contribution in [2.75, 3.05) is 13.1 Å². The molecule has 0 radical (unpaired) electrons. The summed E-state index contributed by atoms with van der Waals surface area (Å²) in [6, 6.07) is 6.22. The first-order valence-electron chi connectivity index (χ1n) is 9.16. The van der Waals surface area contributed by atoms with Crippen molar-refractivity contribution >= 4 is 17.7 Å². The third kappa shape index (κ3) is 4.26. The molecule has 26 heavy (non-hydrogen) atoms. The van der Waals surface area contributed by atoms with Crippen LogP contribution in [0.25, 0.3) is 5.69 Å². The molecule has 0 unspecified atom stereocenters. The molecule has 0 saturated carbocycles. The molecule has 0 aliphatic carbocycles. The summed E-state index contributed by atoms with van der Waals surface area (Å²) < 4.78 is 1.72. The first-order chi connectivity index (χ1) is 12.3. The Balaban J connectivity index is 1.75. The summed E-state index contributed by atoms with van der Waals surface area (Å²) >= 11 is 1.42. The van der Waals surface area contributed by atoms with Gasteiger partial charge in [-0.25, -0.2) is 0 Å². The normalized spacial score (nSPS) is 21.7. The van der Waals surface area contributed by atoms with E-state index < -0.39 is 0 Å². The van der Waals surface area contributed by atoms with Gasteiger partial charge in [0.15, 0.2) is 0 Å². The Hall–Kier alpha value is -1.89. The van der Waals surface area contributed by atoms with Gasteiger partial charge in [0.2, 0.25) is 11.1 Å². The van der Waals surface area contributed by atoms with Crippen LogP contribution in [0.1, 0.15) is 38.3 Å². The van der Waals surface area contributed by atoms with Crippen molar-refractivity contribution in [3.05, 3.63) is 29.3 Å². The number of nitrogens with zero attached hydrogens (tertiary/aromatic N) is 5. The van der Waals surface area contributed by atoms with Gasteiger partial charge in [0.05, 0.1) is 10.9 Å². The molecule has 1 fully saturated rings. The summed E-state index contributed by atoms with van der Waals surface area (Å²) in [5, 5.41) is 12.5. The fourth-order valence-electron chi connectivity index (χ4n) is 3.80. The van der Waals surface area contributed by atoms with Crippen molar-refractivity contribution in [2.45, 2.75) is 51.4 Å². The molecule has 0 bridgehead atoms. The van der Waals surface area contributed by atoms with Crippen molar-refractivity contribution < 1.29 is 4.79 Å². The van der Waals surface area contributed by atoms with Crippen molar-refractivity contribution in [3.8, 4) is 5.69 Å². The van der Waals surface area contributed by atoms with Crippen LogP contribution in [0.2, 0.25) is 0 Å². The van der Waals surface area contributed by atoms with Gasteiger partial charge in [-0.1, -0.05) is 31.7 Å². The van der Waals surface area contributed by atoms with Gasteiger partial charge >= 0.3 is 0 Å². The van der Waals surface area contributed by atoms with E-state index in [1.165, 1.54) is 18.2 Å². The number of aryl methyl sites for hydroxylation is 2. The number of thioether (sulfide) groups is 1. The lowest BCUT2D eigenvalue weighted by Crippen LogP contribution is -2.45. The minimum atomic E-state index is -0.219. The number of benzene rings is 1. The van der Waals surface area contributed by atoms with Crippen LogP contribution >= 0.6 is 11.8 Å².